The third kappa shape index (κ3) is 3.52. The molecule has 22 heavy (non-hydrogen) atoms. The Morgan fingerprint density at radius 2 is 2.05 bits per heavy atom. The fraction of sp³-hybridized carbons (Fsp3) is 0.533. The van der Waals surface area contributed by atoms with Gasteiger partial charge in [-0.15, -0.1) is 10.2 Å². The fourth-order valence-electron chi connectivity index (χ4n) is 2.52. The lowest BCUT2D eigenvalue weighted by Crippen LogP contribution is -2.33. The first-order valence-electron chi connectivity index (χ1n) is 7.52. The van der Waals surface area contributed by atoms with Crippen molar-refractivity contribution in [3.63, 3.8) is 0 Å². The molecule has 6 nitrogen and oxygen atoms in total. The van der Waals surface area contributed by atoms with Crippen molar-refractivity contribution in [3.8, 4) is 11.5 Å². The highest BCUT2D eigenvalue weighted by Gasteiger charge is 2.18. The smallest absolute Gasteiger partial charge is 0.277 e. The molecule has 3 heterocycles. The predicted octanol–water partition coefficient (Wildman–Crippen LogP) is 3.13. The second kappa shape index (κ2) is 7.00. The fourth-order valence-corrected chi connectivity index (χ4v) is 3.18. The van der Waals surface area contributed by atoms with Gasteiger partial charge in [-0.1, -0.05) is 24.6 Å². The molecule has 0 radical (unpaired) electrons. The number of carbonyl (C=O) groups excluding carboxylic acids is 1. The number of likely N-dealkylation sites (tertiary alicyclic amines) is 1. The first-order valence-corrected chi connectivity index (χ1v) is 8.51. The van der Waals surface area contributed by atoms with E-state index in [4.69, 9.17) is 8.83 Å². The number of aromatic nitrogens is 2. The number of nitrogens with zero attached hydrogens (tertiary/aromatic N) is 3. The number of carbonyl (C=O) groups is 1. The number of thioether (sulfide) groups is 1. The van der Waals surface area contributed by atoms with E-state index in [1.54, 1.807) is 12.3 Å². The van der Waals surface area contributed by atoms with Gasteiger partial charge in [-0.25, -0.2) is 0 Å². The van der Waals surface area contributed by atoms with Crippen LogP contribution in [0.1, 0.15) is 31.4 Å². The molecule has 0 unspecified atom stereocenters. The van der Waals surface area contributed by atoms with Crippen LogP contribution in [-0.4, -0.2) is 39.8 Å². The Balaban J connectivity index is 1.56. The number of aryl methyl sites for hydroxylation is 1. The van der Waals surface area contributed by atoms with Gasteiger partial charge >= 0.3 is 0 Å². The van der Waals surface area contributed by atoms with Gasteiger partial charge in [0.05, 0.1) is 17.6 Å². The standard InChI is InChI=1S/C15H19N3O3S/c1-11-12(6-9-20-11)14-16-17-15(21-14)22-10-13(19)18-7-4-2-3-5-8-18/h6,9H,2-5,7-8,10H2,1H3. The molecule has 1 aliphatic heterocycles. The maximum absolute atomic E-state index is 12.2. The van der Waals surface area contributed by atoms with Gasteiger partial charge in [0.1, 0.15) is 5.76 Å². The highest BCUT2D eigenvalue weighted by Crippen LogP contribution is 2.26. The van der Waals surface area contributed by atoms with Crippen LogP contribution in [0.3, 0.4) is 0 Å². The van der Waals surface area contributed by atoms with Crippen molar-refractivity contribution in [2.24, 2.45) is 0 Å². The molecule has 0 spiro atoms. The summed E-state index contributed by atoms with van der Waals surface area (Å²) in [5.41, 5.74) is 0.790. The van der Waals surface area contributed by atoms with Gasteiger partial charge in [-0.2, -0.15) is 0 Å². The molecule has 7 heteroatoms. The van der Waals surface area contributed by atoms with Crippen molar-refractivity contribution in [1.82, 2.24) is 15.1 Å². The van der Waals surface area contributed by atoms with E-state index in [-0.39, 0.29) is 5.91 Å². The first kappa shape index (κ1) is 15.1. The summed E-state index contributed by atoms with van der Waals surface area (Å²) in [5.74, 6) is 1.65. The van der Waals surface area contributed by atoms with Crippen LogP contribution in [0.4, 0.5) is 0 Å². The average Bonchev–Trinajstić information content (AvgIpc) is 3.05. The number of rotatable bonds is 4. The molecule has 2 aromatic rings. The number of amides is 1. The van der Waals surface area contributed by atoms with E-state index in [0.717, 1.165) is 37.3 Å². The molecule has 0 aromatic carbocycles. The van der Waals surface area contributed by atoms with Crippen LogP contribution >= 0.6 is 11.8 Å². The molecule has 0 aliphatic carbocycles. The Morgan fingerprint density at radius 1 is 1.27 bits per heavy atom. The molecule has 3 rings (SSSR count). The van der Waals surface area contributed by atoms with Crippen molar-refractivity contribution in [1.29, 1.82) is 0 Å². The van der Waals surface area contributed by atoms with Crippen molar-refractivity contribution in [3.05, 3.63) is 18.1 Å². The summed E-state index contributed by atoms with van der Waals surface area (Å²) >= 11 is 1.29. The summed E-state index contributed by atoms with van der Waals surface area (Å²) in [5, 5.41) is 8.40. The van der Waals surface area contributed by atoms with Crippen LogP contribution in [0.25, 0.3) is 11.5 Å². The Labute approximate surface area is 133 Å². The van der Waals surface area contributed by atoms with Gasteiger partial charge in [-0.05, 0) is 25.8 Å². The molecule has 0 N–H and O–H groups in total. The highest BCUT2D eigenvalue weighted by molar-refractivity contribution is 7.99. The zero-order valence-corrected chi connectivity index (χ0v) is 13.4. The Morgan fingerprint density at radius 3 is 2.73 bits per heavy atom. The molecule has 1 fully saturated rings. The Hall–Kier alpha value is -1.76. The Bertz CT molecular complexity index is 630. The maximum atomic E-state index is 12.2. The van der Waals surface area contributed by atoms with Crippen molar-refractivity contribution >= 4 is 17.7 Å². The highest BCUT2D eigenvalue weighted by atomic mass is 32.2. The molecule has 0 bridgehead atoms. The zero-order chi connectivity index (χ0) is 15.4. The van der Waals surface area contributed by atoms with Gasteiger partial charge < -0.3 is 13.7 Å². The van der Waals surface area contributed by atoms with E-state index in [1.807, 2.05) is 11.8 Å². The zero-order valence-electron chi connectivity index (χ0n) is 12.6. The average molecular weight is 321 g/mol. The van der Waals surface area contributed by atoms with Crippen molar-refractivity contribution < 1.29 is 13.6 Å². The third-order valence-electron chi connectivity index (χ3n) is 3.77. The van der Waals surface area contributed by atoms with E-state index < -0.39 is 0 Å². The largest absolute Gasteiger partial charge is 0.469 e. The number of hydrogen-bond acceptors (Lipinski definition) is 6. The summed E-state index contributed by atoms with van der Waals surface area (Å²) in [6.07, 6.45) is 6.22. The first-order chi connectivity index (χ1) is 10.7. The van der Waals surface area contributed by atoms with Crippen LogP contribution in [-0.2, 0) is 4.79 Å². The molecule has 0 atom stereocenters. The van der Waals surface area contributed by atoms with Crippen LogP contribution < -0.4 is 0 Å². The summed E-state index contributed by atoms with van der Waals surface area (Å²) < 4.78 is 10.8. The van der Waals surface area contributed by atoms with Crippen LogP contribution in [0, 0.1) is 6.92 Å². The third-order valence-corrected chi connectivity index (χ3v) is 4.58. The minimum atomic E-state index is 0.145. The number of hydrogen-bond donors (Lipinski definition) is 0. The normalized spacial score (nSPS) is 15.8. The SMILES string of the molecule is Cc1occc1-c1nnc(SCC(=O)N2CCCCCC2)o1. The topological polar surface area (TPSA) is 72.4 Å². The van der Waals surface area contributed by atoms with E-state index >= 15 is 0 Å². The van der Waals surface area contributed by atoms with Gasteiger partial charge in [0.15, 0.2) is 0 Å². The van der Waals surface area contributed by atoms with Crippen LogP contribution in [0.2, 0.25) is 0 Å². The number of furan rings is 1. The summed E-state index contributed by atoms with van der Waals surface area (Å²) in [7, 11) is 0. The van der Waals surface area contributed by atoms with E-state index in [2.05, 4.69) is 10.2 Å². The van der Waals surface area contributed by atoms with Crippen LogP contribution in [0.15, 0.2) is 26.4 Å². The van der Waals surface area contributed by atoms with Gasteiger partial charge in [0.2, 0.25) is 5.91 Å². The summed E-state index contributed by atoms with van der Waals surface area (Å²) in [4.78, 5) is 14.2. The van der Waals surface area contributed by atoms with Gasteiger partial charge in [0, 0.05) is 13.1 Å². The molecule has 2 aromatic heterocycles. The second-order valence-electron chi connectivity index (χ2n) is 5.35. The molecular formula is C15H19N3O3S. The van der Waals surface area contributed by atoms with E-state index in [0.29, 0.717) is 16.9 Å². The molecule has 118 valence electrons. The van der Waals surface area contributed by atoms with Gasteiger partial charge in [-0.3, -0.25) is 4.79 Å². The molecule has 1 amide bonds. The summed E-state index contributed by atoms with van der Waals surface area (Å²) in [6, 6.07) is 1.79. The maximum Gasteiger partial charge on any atom is 0.277 e. The molecule has 0 saturated carbocycles. The lowest BCUT2D eigenvalue weighted by molar-refractivity contribution is -0.128. The van der Waals surface area contributed by atoms with Gasteiger partial charge in [0.25, 0.3) is 11.1 Å². The van der Waals surface area contributed by atoms with E-state index in [1.165, 1.54) is 24.6 Å². The summed E-state index contributed by atoms with van der Waals surface area (Å²) in [6.45, 7) is 3.57. The molecule has 1 aliphatic rings. The van der Waals surface area contributed by atoms with Crippen molar-refractivity contribution in [2.75, 3.05) is 18.8 Å². The molecule has 1 saturated heterocycles. The van der Waals surface area contributed by atoms with Crippen LogP contribution in [0.5, 0.6) is 0 Å². The lowest BCUT2D eigenvalue weighted by atomic mass is 10.2. The minimum absolute atomic E-state index is 0.145. The lowest BCUT2D eigenvalue weighted by Gasteiger charge is -2.19. The van der Waals surface area contributed by atoms with Crippen molar-refractivity contribution in [2.45, 2.75) is 37.8 Å². The predicted molar refractivity (Wildman–Crippen MR) is 82.5 cm³/mol. The van der Waals surface area contributed by atoms with E-state index in [9.17, 15) is 4.79 Å². The monoisotopic (exact) mass is 321 g/mol. The minimum Gasteiger partial charge on any atom is -0.469 e. The second-order valence-corrected chi connectivity index (χ2v) is 6.27. The Kier molecular flexibility index (Phi) is 4.82. The molecular weight excluding hydrogens is 302 g/mol. The quantitative estimate of drug-likeness (QED) is 0.806.